The second kappa shape index (κ2) is 9.51. The lowest BCUT2D eigenvalue weighted by molar-refractivity contribution is 0.220. The number of ether oxygens (including phenoxy) is 3. The van der Waals surface area contributed by atoms with Gasteiger partial charge in [-0.05, 0) is 38.8 Å². The van der Waals surface area contributed by atoms with Crippen LogP contribution in [-0.4, -0.2) is 24.4 Å². The molecule has 0 atom stereocenters. The van der Waals surface area contributed by atoms with Crippen molar-refractivity contribution in [3.63, 3.8) is 0 Å². The van der Waals surface area contributed by atoms with E-state index in [4.69, 9.17) is 14.2 Å². The SMILES string of the molecule is CCCCOc1c(OC(C)C)c2ccc(OC)cc2n(CCCC)c1=O. The highest BCUT2D eigenvalue weighted by molar-refractivity contribution is 5.89. The van der Waals surface area contributed by atoms with Crippen LogP contribution < -0.4 is 19.8 Å². The van der Waals surface area contributed by atoms with Crippen LogP contribution in [0.15, 0.2) is 23.0 Å². The van der Waals surface area contributed by atoms with E-state index in [2.05, 4.69) is 13.8 Å². The number of aromatic nitrogens is 1. The van der Waals surface area contributed by atoms with Gasteiger partial charge in [-0.15, -0.1) is 0 Å². The number of hydrogen-bond acceptors (Lipinski definition) is 4. The van der Waals surface area contributed by atoms with Gasteiger partial charge in [-0.25, -0.2) is 0 Å². The van der Waals surface area contributed by atoms with Gasteiger partial charge in [0, 0.05) is 18.0 Å². The molecule has 144 valence electrons. The first-order valence-electron chi connectivity index (χ1n) is 9.57. The fourth-order valence-electron chi connectivity index (χ4n) is 2.84. The predicted octanol–water partition coefficient (Wildman–Crippen LogP) is 4.78. The average molecular weight is 361 g/mol. The summed E-state index contributed by atoms with van der Waals surface area (Å²) in [5.74, 6) is 1.57. The molecule has 2 aromatic rings. The zero-order valence-electron chi connectivity index (χ0n) is 16.6. The lowest BCUT2D eigenvalue weighted by atomic mass is 10.1. The van der Waals surface area contributed by atoms with Crippen LogP contribution in [0.4, 0.5) is 0 Å². The predicted molar refractivity (Wildman–Crippen MR) is 106 cm³/mol. The Balaban J connectivity index is 2.71. The van der Waals surface area contributed by atoms with Crippen LogP contribution in [0.2, 0.25) is 0 Å². The summed E-state index contributed by atoms with van der Waals surface area (Å²) < 4.78 is 19.1. The van der Waals surface area contributed by atoms with Crippen molar-refractivity contribution in [1.29, 1.82) is 0 Å². The van der Waals surface area contributed by atoms with E-state index in [1.807, 2.05) is 32.0 Å². The van der Waals surface area contributed by atoms with Gasteiger partial charge in [0.15, 0.2) is 5.75 Å². The lowest BCUT2D eigenvalue weighted by Gasteiger charge is -2.20. The van der Waals surface area contributed by atoms with Crippen molar-refractivity contribution in [2.45, 2.75) is 66.0 Å². The van der Waals surface area contributed by atoms with E-state index in [0.29, 0.717) is 24.7 Å². The number of rotatable bonds is 10. The summed E-state index contributed by atoms with van der Waals surface area (Å²) >= 11 is 0. The molecular weight excluding hydrogens is 330 g/mol. The van der Waals surface area contributed by atoms with E-state index < -0.39 is 0 Å². The highest BCUT2D eigenvalue weighted by atomic mass is 16.5. The molecule has 0 radical (unpaired) electrons. The molecule has 0 saturated heterocycles. The van der Waals surface area contributed by atoms with E-state index in [-0.39, 0.29) is 11.7 Å². The molecule has 0 amide bonds. The third kappa shape index (κ3) is 4.51. The molecule has 1 aromatic heterocycles. The number of unbranched alkanes of at least 4 members (excludes halogenated alkanes) is 2. The highest BCUT2D eigenvalue weighted by Crippen LogP contribution is 2.35. The van der Waals surface area contributed by atoms with E-state index in [1.54, 1.807) is 11.7 Å². The highest BCUT2D eigenvalue weighted by Gasteiger charge is 2.21. The Hall–Kier alpha value is -2.17. The Bertz CT molecular complexity index is 780. The molecule has 1 heterocycles. The summed E-state index contributed by atoms with van der Waals surface area (Å²) in [6, 6.07) is 5.73. The number of fused-ring (bicyclic) bond motifs is 1. The maximum absolute atomic E-state index is 13.2. The Kier molecular flexibility index (Phi) is 7.37. The first kappa shape index (κ1) is 20.1. The van der Waals surface area contributed by atoms with Gasteiger partial charge in [-0.1, -0.05) is 26.7 Å². The topological polar surface area (TPSA) is 49.7 Å². The average Bonchev–Trinajstić information content (AvgIpc) is 2.63. The molecule has 5 nitrogen and oxygen atoms in total. The van der Waals surface area contributed by atoms with Crippen molar-refractivity contribution in [2.75, 3.05) is 13.7 Å². The van der Waals surface area contributed by atoms with E-state index >= 15 is 0 Å². The zero-order valence-corrected chi connectivity index (χ0v) is 16.6. The third-order valence-electron chi connectivity index (χ3n) is 4.22. The maximum Gasteiger partial charge on any atom is 0.297 e. The minimum absolute atomic E-state index is 0.0558. The maximum atomic E-state index is 13.2. The number of hydrogen-bond donors (Lipinski definition) is 0. The minimum Gasteiger partial charge on any atom is -0.497 e. The van der Waals surface area contributed by atoms with Crippen LogP contribution in [0.5, 0.6) is 17.2 Å². The number of methoxy groups -OCH3 is 1. The molecule has 0 unspecified atom stereocenters. The molecule has 2 rings (SSSR count). The summed E-state index contributed by atoms with van der Waals surface area (Å²) in [4.78, 5) is 13.2. The largest absolute Gasteiger partial charge is 0.497 e. The smallest absolute Gasteiger partial charge is 0.297 e. The molecule has 0 aliphatic heterocycles. The van der Waals surface area contributed by atoms with Gasteiger partial charge in [0.1, 0.15) is 5.75 Å². The molecule has 0 bridgehead atoms. The summed E-state index contributed by atoms with van der Waals surface area (Å²) in [5, 5.41) is 0.877. The van der Waals surface area contributed by atoms with Crippen molar-refractivity contribution in [1.82, 2.24) is 4.57 Å². The van der Waals surface area contributed by atoms with Gasteiger partial charge in [0.25, 0.3) is 5.56 Å². The lowest BCUT2D eigenvalue weighted by Crippen LogP contribution is -2.25. The Labute approximate surface area is 155 Å². The summed E-state index contributed by atoms with van der Waals surface area (Å²) in [6.07, 6.45) is 3.78. The second-order valence-electron chi connectivity index (χ2n) is 6.72. The first-order chi connectivity index (χ1) is 12.5. The zero-order chi connectivity index (χ0) is 19.1. The van der Waals surface area contributed by atoms with Crippen LogP contribution in [0.1, 0.15) is 53.4 Å². The quantitative estimate of drug-likeness (QED) is 0.572. The van der Waals surface area contributed by atoms with Crippen LogP contribution >= 0.6 is 0 Å². The monoisotopic (exact) mass is 361 g/mol. The fourth-order valence-corrected chi connectivity index (χ4v) is 2.84. The Morgan fingerprint density at radius 2 is 1.81 bits per heavy atom. The molecular formula is C21H31NO4. The number of aryl methyl sites for hydroxylation is 1. The van der Waals surface area contributed by atoms with Gasteiger partial charge >= 0.3 is 0 Å². The van der Waals surface area contributed by atoms with Crippen LogP contribution in [0.3, 0.4) is 0 Å². The standard InChI is InChI=1S/C21H31NO4/c1-6-8-12-22-18-14-16(24-5)10-11-17(18)19(26-15(3)4)20(21(22)23)25-13-9-7-2/h10-11,14-15H,6-9,12-13H2,1-5H3. The van der Waals surface area contributed by atoms with Gasteiger partial charge < -0.3 is 18.8 Å². The number of benzene rings is 1. The molecule has 5 heteroatoms. The summed E-state index contributed by atoms with van der Waals surface area (Å²) in [5.41, 5.74) is 0.687. The van der Waals surface area contributed by atoms with Gasteiger partial charge in [0.2, 0.25) is 5.75 Å². The van der Waals surface area contributed by atoms with Crippen LogP contribution in [-0.2, 0) is 6.54 Å². The van der Waals surface area contributed by atoms with Crippen molar-refractivity contribution in [3.05, 3.63) is 28.6 Å². The van der Waals surface area contributed by atoms with Gasteiger partial charge in [-0.2, -0.15) is 0 Å². The van der Waals surface area contributed by atoms with E-state index in [1.165, 1.54) is 0 Å². The number of pyridine rings is 1. The molecule has 1 aromatic carbocycles. The Morgan fingerprint density at radius 3 is 2.42 bits per heavy atom. The third-order valence-corrected chi connectivity index (χ3v) is 4.22. The molecule has 0 saturated carbocycles. The van der Waals surface area contributed by atoms with E-state index in [9.17, 15) is 4.79 Å². The fraction of sp³-hybridized carbons (Fsp3) is 0.571. The normalized spacial score (nSPS) is 11.2. The van der Waals surface area contributed by atoms with Crippen molar-refractivity contribution < 1.29 is 14.2 Å². The van der Waals surface area contributed by atoms with Gasteiger partial charge in [0.05, 0.1) is 25.3 Å². The van der Waals surface area contributed by atoms with Crippen LogP contribution in [0, 0.1) is 0 Å². The van der Waals surface area contributed by atoms with Crippen molar-refractivity contribution in [2.24, 2.45) is 0 Å². The summed E-state index contributed by atoms with van der Waals surface area (Å²) in [6.45, 7) is 9.27. The Morgan fingerprint density at radius 1 is 1.08 bits per heavy atom. The first-order valence-corrected chi connectivity index (χ1v) is 9.57. The molecule has 0 aliphatic carbocycles. The van der Waals surface area contributed by atoms with Crippen molar-refractivity contribution >= 4 is 10.9 Å². The van der Waals surface area contributed by atoms with Crippen molar-refractivity contribution in [3.8, 4) is 17.2 Å². The second-order valence-corrected chi connectivity index (χ2v) is 6.72. The molecule has 0 fully saturated rings. The minimum atomic E-state index is -0.133. The van der Waals surface area contributed by atoms with E-state index in [0.717, 1.165) is 42.3 Å². The molecule has 0 aliphatic rings. The number of nitrogens with zero attached hydrogens (tertiary/aromatic N) is 1. The van der Waals surface area contributed by atoms with Crippen LogP contribution in [0.25, 0.3) is 10.9 Å². The summed E-state index contributed by atoms with van der Waals surface area (Å²) in [7, 11) is 1.63. The molecule has 0 N–H and O–H groups in total. The molecule has 26 heavy (non-hydrogen) atoms. The molecule has 0 spiro atoms. The van der Waals surface area contributed by atoms with Gasteiger partial charge in [-0.3, -0.25) is 4.79 Å².